The third-order valence-corrected chi connectivity index (χ3v) is 7.77. The minimum atomic E-state index is -5.19. The first-order valence-electron chi connectivity index (χ1n) is 13.9. The topological polar surface area (TPSA) is 156 Å². The Hall–Kier alpha value is -4.38. The zero-order chi connectivity index (χ0) is 35.6. The second-order valence-electron chi connectivity index (χ2n) is 10.6. The third-order valence-electron chi connectivity index (χ3n) is 7.32. The van der Waals surface area contributed by atoms with E-state index < -0.39 is 50.0 Å². The normalized spacial score (nSPS) is 21.8. The van der Waals surface area contributed by atoms with Crippen molar-refractivity contribution in [3.8, 4) is 11.4 Å². The SMILES string of the molecule is COc1cc(C=C2OC=C(C3CC(F)C(F)C(F)C3)n3c2cccc3=O)ccc1-n1cc(C)[n+](COP(=O)(O)O)c1.O=C([O-])C(F)(F)F. The van der Waals surface area contributed by atoms with Crippen LogP contribution in [0.5, 0.6) is 5.75 Å². The number of aliphatic carboxylic acids is 1. The maximum Gasteiger partial charge on any atom is 0.472 e. The number of benzene rings is 1. The number of phosphoric acid groups is 1. The number of hydrogen-bond donors (Lipinski definition) is 2. The number of ether oxygens (including phenoxy) is 2. The van der Waals surface area contributed by atoms with E-state index in [0.717, 1.165) is 0 Å². The molecule has 0 bridgehead atoms. The molecule has 1 aromatic carbocycles. The van der Waals surface area contributed by atoms with Crippen LogP contribution < -0.4 is 20.0 Å². The van der Waals surface area contributed by atoms with Gasteiger partial charge in [0.2, 0.25) is 6.73 Å². The Bertz CT molecular complexity index is 1820. The zero-order valence-electron chi connectivity index (χ0n) is 25.0. The second kappa shape index (κ2) is 14.4. The molecule has 5 rings (SSSR count). The molecule has 0 radical (unpaired) electrons. The number of rotatable bonds is 7. The number of methoxy groups -OCH3 is 1. The van der Waals surface area contributed by atoms with Crippen LogP contribution in [0.25, 0.3) is 23.2 Å². The number of pyridine rings is 1. The van der Waals surface area contributed by atoms with Crippen molar-refractivity contribution in [2.45, 2.75) is 51.2 Å². The van der Waals surface area contributed by atoms with Gasteiger partial charge in [0.25, 0.3) is 11.9 Å². The number of carboxylic acids is 1. The summed E-state index contributed by atoms with van der Waals surface area (Å²) in [5.41, 5.74) is 2.17. The average molecular weight is 708 g/mol. The van der Waals surface area contributed by atoms with Gasteiger partial charge in [0, 0.05) is 18.9 Å². The summed E-state index contributed by atoms with van der Waals surface area (Å²) < 4.78 is 105. The number of aryl methyl sites for hydroxylation is 1. The van der Waals surface area contributed by atoms with Crippen LogP contribution in [0, 0.1) is 12.8 Å². The van der Waals surface area contributed by atoms with E-state index in [1.165, 1.54) is 28.6 Å². The smallest absolute Gasteiger partial charge is 0.472 e. The van der Waals surface area contributed by atoms with Gasteiger partial charge in [-0.15, -0.1) is 0 Å². The van der Waals surface area contributed by atoms with Crippen LogP contribution in [0.2, 0.25) is 0 Å². The summed E-state index contributed by atoms with van der Waals surface area (Å²) >= 11 is 0. The summed E-state index contributed by atoms with van der Waals surface area (Å²) in [4.78, 5) is 39.7. The predicted molar refractivity (Wildman–Crippen MR) is 153 cm³/mol. The van der Waals surface area contributed by atoms with Crippen LogP contribution in [0.1, 0.15) is 29.8 Å². The first-order chi connectivity index (χ1) is 22.4. The van der Waals surface area contributed by atoms with Gasteiger partial charge in [0.05, 0.1) is 18.5 Å². The maximum absolute atomic E-state index is 14.2. The van der Waals surface area contributed by atoms with Crippen molar-refractivity contribution in [3.05, 3.63) is 82.5 Å². The van der Waals surface area contributed by atoms with E-state index in [0.29, 0.717) is 34.1 Å². The molecule has 2 aromatic heterocycles. The van der Waals surface area contributed by atoms with Crippen molar-refractivity contribution in [3.63, 3.8) is 0 Å². The van der Waals surface area contributed by atoms with Crippen molar-refractivity contribution >= 4 is 31.3 Å². The lowest BCUT2D eigenvalue weighted by atomic mass is 9.83. The summed E-state index contributed by atoms with van der Waals surface area (Å²) in [5.74, 6) is -2.99. The molecule has 3 aromatic rings. The lowest BCUT2D eigenvalue weighted by molar-refractivity contribution is -0.730. The molecular formula is C29H28F6N3O9P. The monoisotopic (exact) mass is 707 g/mol. The van der Waals surface area contributed by atoms with E-state index in [-0.39, 0.29) is 25.3 Å². The number of hydrogen-bond acceptors (Lipinski definition) is 7. The Morgan fingerprint density at radius 1 is 1.17 bits per heavy atom. The minimum Gasteiger partial charge on any atom is -0.542 e. The van der Waals surface area contributed by atoms with Crippen molar-refractivity contribution in [2.24, 2.45) is 5.92 Å². The van der Waals surface area contributed by atoms with Crippen molar-refractivity contribution < 1.29 is 69.2 Å². The Kier molecular flexibility index (Phi) is 10.9. The molecule has 1 aliphatic carbocycles. The summed E-state index contributed by atoms with van der Waals surface area (Å²) in [7, 11) is -3.16. The summed E-state index contributed by atoms with van der Waals surface area (Å²) in [6, 6.07) is 9.79. The van der Waals surface area contributed by atoms with Gasteiger partial charge in [-0.1, -0.05) is 12.1 Å². The van der Waals surface area contributed by atoms with Crippen LogP contribution >= 0.6 is 7.82 Å². The first-order valence-corrected chi connectivity index (χ1v) is 15.4. The standard InChI is InChI=1S/C27H27F3N3O7P.C2HF3O2/c1-16-12-31(14-32(16)15-40-41(35,36)37)21-7-6-17(8-24(21)38-2)9-25-22-4-3-5-26(34)33(22)23(13-39-25)18-10-19(28)27(30)20(29)11-18;3-2(4,5)1(6)7/h3-9,12-14,18-20,27H,10-11,15H2,1-2H3,(H-,35,36,37);(H,6,7). The third kappa shape index (κ3) is 8.55. The summed E-state index contributed by atoms with van der Waals surface area (Å²) in [5, 5.41) is 8.78. The lowest BCUT2D eigenvalue weighted by Crippen LogP contribution is -2.39. The fourth-order valence-electron chi connectivity index (χ4n) is 5.04. The average Bonchev–Trinajstić information content (AvgIpc) is 3.38. The molecule has 1 aliphatic heterocycles. The fourth-order valence-corrected chi connectivity index (χ4v) is 5.32. The number of aromatic nitrogens is 3. The van der Waals surface area contributed by atoms with Gasteiger partial charge in [0.1, 0.15) is 36.5 Å². The van der Waals surface area contributed by atoms with Crippen LogP contribution in [0.4, 0.5) is 26.3 Å². The summed E-state index contributed by atoms with van der Waals surface area (Å²) in [6.45, 7) is 1.39. The fraction of sp³-hybridized carbons (Fsp3) is 0.345. The van der Waals surface area contributed by atoms with Crippen LogP contribution in [0.15, 0.2) is 60.0 Å². The van der Waals surface area contributed by atoms with Gasteiger partial charge >= 0.3 is 14.0 Å². The van der Waals surface area contributed by atoms with E-state index in [2.05, 4.69) is 4.52 Å². The minimum absolute atomic E-state index is 0.264. The molecule has 1 saturated carbocycles. The number of imidazole rings is 1. The van der Waals surface area contributed by atoms with Gasteiger partial charge < -0.3 is 29.2 Å². The molecule has 3 heterocycles. The highest BCUT2D eigenvalue weighted by Crippen LogP contribution is 2.40. The second-order valence-corrected chi connectivity index (χ2v) is 11.9. The Labute approximate surface area is 268 Å². The number of phosphoric ester groups is 1. The van der Waals surface area contributed by atoms with Gasteiger partial charge in [-0.05, 0) is 42.7 Å². The largest absolute Gasteiger partial charge is 0.542 e. The molecule has 2 N–H and O–H groups in total. The van der Waals surface area contributed by atoms with Crippen LogP contribution in [-0.4, -0.2) is 56.7 Å². The van der Waals surface area contributed by atoms with Gasteiger partial charge in [-0.25, -0.2) is 26.8 Å². The highest BCUT2D eigenvalue weighted by Gasteiger charge is 2.41. The van der Waals surface area contributed by atoms with E-state index in [1.54, 1.807) is 60.4 Å². The molecule has 0 spiro atoms. The van der Waals surface area contributed by atoms with Crippen molar-refractivity contribution in [1.29, 1.82) is 0 Å². The Morgan fingerprint density at radius 3 is 2.40 bits per heavy atom. The number of nitrogens with zero attached hydrogens (tertiary/aromatic N) is 3. The molecule has 48 heavy (non-hydrogen) atoms. The van der Waals surface area contributed by atoms with Crippen molar-refractivity contribution in [2.75, 3.05) is 7.11 Å². The highest BCUT2D eigenvalue weighted by molar-refractivity contribution is 7.46. The van der Waals surface area contributed by atoms with Crippen LogP contribution in [0.3, 0.4) is 0 Å². The molecule has 2 unspecified atom stereocenters. The van der Waals surface area contributed by atoms with E-state index >= 15 is 0 Å². The number of fused-ring (bicyclic) bond motifs is 1. The quantitative estimate of drug-likeness (QED) is 0.214. The first kappa shape index (κ1) is 36.5. The molecule has 0 amide bonds. The number of carbonyl (C=O) groups is 1. The predicted octanol–water partition coefficient (Wildman–Crippen LogP) is 3.36. The molecule has 19 heteroatoms. The number of alkyl halides is 6. The van der Waals surface area contributed by atoms with E-state index in [1.807, 2.05) is 0 Å². The maximum atomic E-state index is 14.2. The number of halogens is 6. The molecule has 1 fully saturated rings. The number of allylic oxidation sites excluding steroid dienone is 1. The number of carboxylic acid groups (broad SMARTS) is 1. The van der Waals surface area contributed by atoms with E-state index in [9.17, 15) is 35.7 Å². The molecule has 0 saturated heterocycles. The Balaban J connectivity index is 0.000000671. The molecule has 260 valence electrons. The van der Waals surface area contributed by atoms with Gasteiger partial charge in [-0.2, -0.15) is 17.7 Å². The highest BCUT2D eigenvalue weighted by atomic mass is 31.2. The molecular weight excluding hydrogens is 679 g/mol. The molecule has 2 aliphatic rings. The summed E-state index contributed by atoms with van der Waals surface area (Å²) in [6.07, 6.45) is -5.58. The zero-order valence-corrected chi connectivity index (χ0v) is 25.9. The van der Waals surface area contributed by atoms with E-state index in [4.69, 9.17) is 29.2 Å². The molecule has 12 nitrogen and oxygen atoms in total. The Morgan fingerprint density at radius 2 is 1.81 bits per heavy atom. The van der Waals surface area contributed by atoms with Crippen LogP contribution in [-0.2, 0) is 25.4 Å². The number of carbonyl (C=O) groups excluding carboxylic acids is 1. The molecule has 2 atom stereocenters. The van der Waals surface area contributed by atoms with Gasteiger partial charge in [0.15, 0.2) is 23.4 Å². The lowest BCUT2D eigenvalue weighted by Gasteiger charge is -2.34. The van der Waals surface area contributed by atoms with Gasteiger partial charge in [-0.3, -0.25) is 9.36 Å². The van der Waals surface area contributed by atoms with Crippen molar-refractivity contribution in [1.82, 2.24) is 9.13 Å².